The molecule has 5 heteroatoms. The fourth-order valence-corrected chi connectivity index (χ4v) is 2.02. The van der Waals surface area contributed by atoms with E-state index in [1.807, 2.05) is 25.1 Å². The Balaban J connectivity index is 2.91. The fraction of sp³-hybridized carbons (Fsp3) is 0.562. The summed E-state index contributed by atoms with van der Waals surface area (Å²) in [5, 5.41) is 2.64. The summed E-state index contributed by atoms with van der Waals surface area (Å²) >= 11 is 4.72. The zero-order chi connectivity index (χ0) is 16.3. The molecule has 116 valence electrons. The van der Waals surface area contributed by atoms with E-state index in [9.17, 15) is 4.79 Å². The Morgan fingerprint density at radius 1 is 1.38 bits per heavy atom. The molecule has 1 unspecified atom stereocenters. The van der Waals surface area contributed by atoms with Crippen LogP contribution in [0, 0.1) is 6.92 Å². The summed E-state index contributed by atoms with van der Waals surface area (Å²) in [7, 11) is 2.11. The van der Waals surface area contributed by atoms with Gasteiger partial charge in [-0.25, -0.2) is 0 Å². The minimum absolute atomic E-state index is 0.0805. The lowest BCUT2D eigenvalue weighted by Crippen LogP contribution is -2.47. The monoisotopic (exact) mass is 307 g/mol. The predicted molar refractivity (Wildman–Crippen MR) is 94.2 cm³/mol. The molecule has 1 amide bonds. The molecule has 0 saturated carbocycles. The number of amides is 1. The zero-order valence-electron chi connectivity index (χ0n) is 13.9. The van der Waals surface area contributed by atoms with Gasteiger partial charge in [0.2, 0.25) is 0 Å². The number of carbonyl (C=O) groups excluding carboxylic acids is 1. The van der Waals surface area contributed by atoms with Gasteiger partial charge in [0.25, 0.3) is 5.91 Å². The number of hydrogen-bond donors (Lipinski definition) is 2. The molecule has 1 atom stereocenters. The summed E-state index contributed by atoms with van der Waals surface area (Å²) in [6, 6.07) is 5.68. The van der Waals surface area contributed by atoms with Crippen LogP contribution in [-0.4, -0.2) is 30.8 Å². The molecular weight excluding hydrogens is 281 g/mol. The first-order valence-electron chi connectivity index (χ1n) is 7.32. The molecule has 0 aliphatic heterocycles. The minimum atomic E-state index is -0.361. The Labute approximate surface area is 134 Å². The first-order valence-corrected chi connectivity index (χ1v) is 7.77. The van der Waals surface area contributed by atoms with Crippen LogP contribution >= 0.6 is 12.6 Å². The number of benzene rings is 1. The van der Waals surface area contributed by atoms with E-state index < -0.39 is 0 Å². The summed E-state index contributed by atoms with van der Waals surface area (Å²) in [6.07, 6.45) is 0.917. The number of thiol groups is 1. The Morgan fingerprint density at radius 3 is 2.52 bits per heavy atom. The van der Waals surface area contributed by atoms with E-state index in [4.69, 9.17) is 17.3 Å². The van der Waals surface area contributed by atoms with E-state index in [2.05, 4.69) is 33.0 Å². The van der Waals surface area contributed by atoms with Crippen LogP contribution in [0.15, 0.2) is 18.2 Å². The molecule has 0 saturated heterocycles. The number of rotatable bonds is 6. The first-order chi connectivity index (χ1) is 9.64. The molecule has 0 aliphatic rings. The molecule has 1 aromatic rings. The molecule has 0 radical (unpaired) electrons. The largest absolute Gasteiger partial charge is 0.428 e. The second-order valence-electron chi connectivity index (χ2n) is 6.15. The van der Waals surface area contributed by atoms with Gasteiger partial charge >= 0.3 is 7.48 Å². The Kier molecular flexibility index (Phi) is 5.94. The molecule has 1 N–H and O–H groups in total. The molecule has 1 rings (SSSR count). The standard InChI is InChI=1S/C16H26BNO2S/c1-7-16(5,21)15(3,4)20-17-13-10-12(14(19)18-6)9-8-11(13)2/h8-10,17,21H,7H2,1-6H3,(H,18,19). The van der Waals surface area contributed by atoms with E-state index in [1.54, 1.807) is 7.05 Å². The number of nitrogens with one attached hydrogen (secondary N) is 1. The maximum absolute atomic E-state index is 11.7. The molecule has 1 aromatic carbocycles. The van der Waals surface area contributed by atoms with Crippen molar-refractivity contribution in [3.63, 3.8) is 0 Å². The van der Waals surface area contributed by atoms with E-state index >= 15 is 0 Å². The van der Waals surface area contributed by atoms with Crippen molar-refractivity contribution in [2.75, 3.05) is 7.05 Å². The van der Waals surface area contributed by atoms with Gasteiger partial charge in [0.15, 0.2) is 0 Å². The predicted octanol–water partition coefficient (Wildman–Crippen LogP) is 2.23. The van der Waals surface area contributed by atoms with Gasteiger partial charge in [-0.1, -0.05) is 24.6 Å². The van der Waals surface area contributed by atoms with Gasteiger partial charge in [0.1, 0.15) is 0 Å². The van der Waals surface area contributed by atoms with Gasteiger partial charge in [-0.05, 0) is 45.6 Å². The highest BCUT2D eigenvalue weighted by atomic mass is 32.1. The second kappa shape index (κ2) is 6.88. The van der Waals surface area contributed by atoms with Crippen molar-refractivity contribution in [3.05, 3.63) is 29.3 Å². The third-order valence-corrected chi connectivity index (χ3v) is 5.27. The van der Waals surface area contributed by atoms with Crippen LogP contribution in [0.2, 0.25) is 0 Å². The van der Waals surface area contributed by atoms with Crippen LogP contribution in [0.25, 0.3) is 0 Å². The molecule has 0 spiro atoms. The van der Waals surface area contributed by atoms with Crippen LogP contribution in [-0.2, 0) is 4.65 Å². The number of aryl methyl sites for hydroxylation is 1. The van der Waals surface area contributed by atoms with Crippen molar-refractivity contribution < 1.29 is 9.45 Å². The smallest absolute Gasteiger partial charge is 0.309 e. The summed E-state index contributed by atoms with van der Waals surface area (Å²) in [5.41, 5.74) is 2.45. The Bertz CT molecular complexity index is 515. The molecule has 3 nitrogen and oxygen atoms in total. The maximum Gasteiger partial charge on any atom is 0.309 e. The van der Waals surface area contributed by atoms with Crippen molar-refractivity contribution in [3.8, 4) is 0 Å². The molecule has 0 aliphatic carbocycles. The normalized spacial score (nSPS) is 14.4. The van der Waals surface area contributed by atoms with Gasteiger partial charge in [-0.15, -0.1) is 0 Å². The highest BCUT2D eigenvalue weighted by Gasteiger charge is 2.37. The summed E-state index contributed by atoms with van der Waals surface area (Å²) < 4.78 is 5.90. The van der Waals surface area contributed by atoms with Gasteiger partial charge < -0.3 is 9.97 Å². The van der Waals surface area contributed by atoms with Gasteiger partial charge in [0, 0.05) is 17.4 Å². The summed E-state index contributed by atoms with van der Waals surface area (Å²) in [6.45, 7) is 10.3. The van der Waals surface area contributed by atoms with Crippen LogP contribution in [0.4, 0.5) is 0 Å². The van der Waals surface area contributed by atoms with Crippen LogP contribution < -0.4 is 10.8 Å². The Morgan fingerprint density at radius 2 is 2.00 bits per heavy atom. The van der Waals surface area contributed by atoms with Crippen LogP contribution in [0.5, 0.6) is 0 Å². The summed E-state index contributed by atoms with van der Waals surface area (Å²) in [4.78, 5) is 11.7. The second-order valence-corrected chi connectivity index (χ2v) is 7.13. The highest BCUT2D eigenvalue weighted by Crippen LogP contribution is 2.34. The van der Waals surface area contributed by atoms with Gasteiger partial charge in [0.05, 0.1) is 5.60 Å². The molecule has 0 fully saturated rings. The Hall–Kier alpha value is -0.935. The minimum Gasteiger partial charge on any atom is -0.428 e. The molecular formula is C16H26BNO2S. The summed E-state index contributed by atoms with van der Waals surface area (Å²) in [5.74, 6) is -0.0805. The number of hydrogen-bond acceptors (Lipinski definition) is 3. The first kappa shape index (κ1) is 18.1. The lowest BCUT2D eigenvalue weighted by molar-refractivity contribution is 0.0764. The SMILES string of the molecule is CCC(C)(S)C(C)(C)OBc1cc(C(=O)NC)ccc1C. The fourth-order valence-electron chi connectivity index (χ4n) is 1.95. The van der Waals surface area contributed by atoms with Crippen molar-refractivity contribution >= 4 is 31.5 Å². The van der Waals surface area contributed by atoms with E-state index in [0.29, 0.717) is 13.0 Å². The van der Waals surface area contributed by atoms with Crippen LogP contribution in [0.1, 0.15) is 50.0 Å². The molecule has 0 bridgehead atoms. The van der Waals surface area contributed by atoms with E-state index in [0.717, 1.165) is 17.4 Å². The molecule has 0 heterocycles. The zero-order valence-corrected chi connectivity index (χ0v) is 14.8. The van der Waals surface area contributed by atoms with Gasteiger partial charge in [-0.3, -0.25) is 4.79 Å². The van der Waals surface area contributed by atoms with Crippen molar-refractivity contribution in [2.24, 2.45) is 0 Å². The lowest BCUT2D eigenvalue weighted by Gasteiger charge is -2.40. The van der Waals surface area contributed by atoms with E-state index in [1.165, 1.54) is 0 Å². The molecule has 21 heavy (non-hydrogen) atoms. The maximum atomic E-state index is 11.7. The average Bonchev–Trinajstić information content (AvgIpc) is 2.45. The molecule has 0 aromatic heterocycles. The van der Waals surface area contributed by atoms with Crippen molar-refractivity contribution in [2.45, 2.75) is 51.4 Å². The van der Waals surface area contributed by atoms with Crippen LogP contribution in [0.3, 0.4) is 0 Å². The lowest BCUT2D eigenvalue weighted by atomic mass is 9.80. The van der Waals surface area contributed by atoms with E-state index in [-0.39, 0.29) is 16.3 Å². The topological polar surface area (TPSA) is 38.3 Å². The van der Waals surface area contributed by atoms with Gasteiger partial charge in [-0.2, -0.15) is 12.6 Å². The quantitative estimate of drug-likeness (QED) is 0.625. The number of carbonyl (C=O) groups is 1. The average molecular weight is 307 g/mol. The highest BCUT2D eigenvalue weighted by molar-refractivity contribution is 7.81. The van der Waals surface area contributed by atoms with Crippen molar-refractivity contribution in [1.82, 2.24) is 5.32 Å². The van der Waals surface area contributed by atoms with Crippen molar-refractivity contribution in [1.29, 1.82) is 0 Å². The third-order valence-electron chi connectivity index (χ3n) is 4.41. The third kappa shape index (κ3) is 4.27.